The van der Waals surface area contributed by atoms with Crippen LogP contribution < -0.4 is 9.47 Å². The molecule has 2 amide bonds. The largest absolute Gasteiger partial charge is 0.493 e. The van der Waals surface area contributed by atoms with Gasteiger partial charge in [0.05, 0.1) is 22.0 Å². The molecule has 0 bridgehead atoms. The average Bonchev–Trinajstić information content (AvgIpc) is 3.12. The number of benzene rings is 3. The Bertz CT molecular complexity index is 1320. The first kappa shape index (κ1) is 23.6. The number of halogens is 2. The van der Waals surface area contributed by atoms with Gasteiger partial charge in [-0.15, -0.1) is 0 Å². The second kappa shape index (κ2) is 10.2. The summed E-state index contributed by atoms with van der Waals surface area (Å²) in [6, 6.07) is 18.4. The van der Waals surface area contributed by atoms with E-state index in [2.05, 4.69) is 27.7 Å². The zero-order chi connectivity index (χ0) is 24.2. The SMILES string of the molecule is COc1cc(/C=C2/C(=O)N(C(=O)c3ccccc3)N=C2C)cc(I)c1OCc1ccccc1F. The highest BCUT2D eigenvalue weighted by atomic mass is 127. The molecule has 6 nitrogen and oxygen atoms in total. The van der Waals surface area contributed by atoms with Crippen molar-refractivity contribution in [3.8, 4) is 11.5 Å². The van der Waals surface area contributed by atoms with Crippen LogP contribution in [0.2, 0.25) is 0 Å². The molecule has 0 spiro atoms. The van der Waals surface area contributed by atoms with Crippen molar-refractivity contribution in [2.45, 2.75) is 13.5 Å². The van der Waals surface area contributed by atoms with E-state index in [0.29, 0.717) is 39.5 Å². The Balaban J connectivity index is 1.59. The summed E-state index contributed by atoms with van der Waals surface area (Å²) in [5.74, 6) is -0.426. The first-order chi connectivity index (χ1) is 16.4. The van der Waals surface area contributed by atoms with Crippen LogP contribution in [0.1, 0.15) is 28.4 Å². The summed E-state index contributed by atoms with van der Waals surface area (Å²) in [4.78, 5) is 25.7. The van der Waals surface area contributed by atoms with Crippen molar-refractivity contribution >= 4 is 46.2 Å². The maximum atomic E-state index is 13.9. The highest BCUT2D eigenvalue weighted by Crippen LogP contribution is 2.36. The number of methoxy groups -OCH3 is 1. The molecule has 0 fully saturated rings. The van der Waals surface area contributed by atoms with Crippen LogP contribution >= 0.6 is 22.6 Å². The topological polar surface area (TPSA) is 68.2 Å². The molecule has 4 rings (SSSR count). The first-order valence-electron chi connectivity index (χ1n) is 10.3. The van der Waals surface area contributed by atoms with Crippen molar-refractivity contribution in [1.29, 1.82) is 0 Å². The molecular weight excluding hydrogens is 550 g/mol. The highest BCUT2D eigenvalue weighted by Gasteiger charge is 2.33. The fourth-order valence-corrected chi connectivity index (χ4v) is 4.20. The predicted molar refractivity (Wildman–Crippen MR) is 135 cm³/mol. The second-order valence-electron chi connectivity index (χ2n) is 7.45. The van der Waals surface area contributed by atoms with Crippen LogP contribution in [0.4, 0.5) is 4.39 Å². The molecule has 0 aromatic heterocycles. The number of carbonyl (C=O) groups is 2. The molecule has 172 valence electrons. The fraction of sp³-hybridized carbons (Fsp3) is 0.115. The summed E-state index contributed by atoms with van der Waals surface area (Å²) in [6.45, 7) is 1.72. The van der Waals surface area contributed by atoms with Gasteiger partial charge in [-0.2, -0.15) is 10.1 Å². The van der Waals surface area contributed by atoms with Gasteiger partial charge < -0.3 is 9.47 Å². The normalized spacial score (nSPS) is 14.4. The maximum absolute atomic E-state index is 13.9. The minimum Gasteiger partial charge on any atom is -0.493 e. The van der Waals surface area contributed by atoms with Crippen molar-refractivity contribution in [2.24, 2.45) is 5.10 Å². The van der Waals surface area contributed by atoms with Gasteiger partial charge in [0, 0.05) is 11.1 Å². The number of amides is 2. The quantitative estimate of drug-likeness (QED) is 0.224. The molecule has 1 aliphatic rings. The molecule has 0 unspecified atom stereocenters. The molecule has 0 N–H and O–H groups in total. The van der Waals surface area contributed by atoms with E-state index in [-0.39, 0.29) is 12.4 Å². The second-order valence-corrected chi connectivity index (χ2v) is 8.61. The van der Waals surface area contributed by atoms with Gasteiger partial charge in [-0.1, -0.05) is 36.4 Å². The van der Waals surface area contributed by atoms with Gasteiger partial charge >= 0.3 is 0 Å². The van der Waals surface area contributed by atoms with Gasteiger partial charge in [0.15, 0.2) is 11.5 Å². The van der Waals surface area contributed by atoms with E-state index < -0.39 is 11.8 Å². The zero-order valence-corrected chi connectivity index (χ0v) is 20.6. The highest BCUT2D eigenvalue weighted by molar-refractivity contribution is 14.1. The van der Waals surface area contributed by atoms with Crippen LogP contribution in [0.15, 0.2) is 77.4 Å². The number of hydrogen-bond donors (Lipinski definition) is 0. The van der Waals surface area contributed by atoms with E-state index in [0.717, 1.165) is 8.58 Å². The van der Waals surface area contributed by atoms with Crippen LogP contribution in [-0.4, -0.2) is 29.6 Å². The smallest absolute Gasteiger partial charge is 0.283 e. The molecule has 0 radical (unpaired) electrons. The summed E-state index contributed by atoms with van der Waals surface area (Å²) in [5.41, 5.74) is 2.22. The van der Waals surface area contributed by atoms with Crippen LogP contribution in [0.25, 0.3) is 6.08 Å². The summed E-state index contributed by atoms with van der Waals surface area (Å²) in [5, 5.41) is 5.05. The third-order valence-electron chi connectivity index (χ3n) is 5.17. The van der Waals surface area contributed by atoms with E-state index in [4.69, 9.17) is 9.47 Å². The summed E-state index contributed by atoms with van der Waals surface area (Å²) < 4.78 is 26.0. The molecule has 0 aliphatic carbocycles. The number of nitrogens with zero attached hydrogens (tertiary/aromatic N) is 2. The Morgan fingerprint density at radius 2 is 1.82 bits per heavy atom. The summed E-state index contributed by atoms with van der Waals surface area (Å²) in [6.07, 6.45) is 1.66. The third-order valence-corrected chi connectivity index (χ3v) is 5.97. The lowest BCUT2D eigenvalue weighted by molar-refractivity contribution is -0.123. The Kier molecular flexibility index (Phi) is 7.06. The number of hydrogen-bond acceptors (Lipinski definition) is 5. The zero-order valence-electron chi connectivity index (χ0n) is 18.4. The number of hydrazone groups is 1. The average molecular weight is 570 g/mol. The van der Waals surface area contributed by atoms with Crippen LogP contribution in [0.3, 0.4) is 0 Å². The van der Waals surface area contributed by atoms with Gasteiger partial charge in [-0.25, -0.2) is 4.39 Å². The molecule has 8 heteroatoms. The Labute approximate surface area is 209 Å². The molecule has 3 aromatic carbocycles. The minimum atomic E-state index is -0.500. The fourth-order valence-electron chi connectivity index (χ4n) is 3.42. The molecular formula is C26H20FIN2O4. The lowest BCUT2D eigenvalue weighted by Crippen LogP contribution is -2.29. The monoisotopic (exact) mass is 570 g/mol. The molecule has 34 heavy (non-hydrogen) atoms. The number of carbonyl (C=O) groups excluding carboxylic acids is 2. The van der Waals surface area contributed by atoms with Crippen molar-refractivity contribution in [3.05, 3.63) is 98.4 Å². The van der Waals surface area contributed by atoms with E-state index in [1.165, 1.54) is 13.2 Å². The number of rotatable bonds is 6. The van der Waals surface area contributed by atoms with E-state index in [1.54, 1.807) is 67.6 Å². The molecule has 3 aromatic rings. The number of imide groups is 1. The van der Waals surface area contributed by atoms with Crippen LogP contribution in [-0.2, 0) is 11.4 Å². The van der Waals surface area contributed by atoms with Crippen molar-refractivity contribution in [1.82, 2.24) is 5.01 Å². The van der Waals surface area contributed by atoms with Crippen LogP contribution in [0.5, 0.6) is 11.5 Å². The third kappa shape index (κ3) is 4.86. The molecule has 0 saturated heterocycles. The standard InChI is InChI=1S/C26H20FIN2O4/c1-16-20(26(32)30(29-16)25(31)18-8-4-3-5-9-18)12-17-13-22(28)24(23(14-17)33-2)34-15-19-10-6-7-11-21(19)27/h3-14H,15H2,1-2H3/b20-12+. The minimum absolute atomic E-state index is 0.0419. The summed E-state index contributed by atoms with van der Waals surface area (Å²) >= 11 is 2.10. The lowest BCUT2D eigenvalue weighted by atomic mass is 10.1. The summed E-state index contributed by atoms with van der Waals surface area (Å²) in [7, 11) is 1.51. The van der Waals surface area contributed by atoms with Crippen molar-refractivity contribution in [3.63, 3.8) is 0 Å². The molecule has 1 heterocycles. The van der Waals surface area contributed by atoms with E-state index >= 15 is 0 Å². The van der Waals surface area contributed by atoms with E-state index in [9.17, 15) is 14.0 Å². The predicted octanol–water partition coefficient (Wildman–Crippen LogP) is 5.46. The van der Waals surface area contributed by atoms with Crippen LogP contribution in [0, 0.1) is 9.39 Å². The molecule has 0 saturated carbocycles. The van der Waals surface area contributed by atoms with Gasteiger partial charge in [0.2, 0.25) is 0 Å². The molecule has 1 aliphatic heterocycles. The van der Waals surface area contributed by atoms with E-state index in [1.807, 2.05) is 6.07 Å². The lowest BCUT2D eigenvalue weighted by Gasteiger charge is -2.14. The maximum Gasteiger partial charge on any atom is 0.283 e. The van der Waals surface area contributed by atoms with Gasteiger partial charge in [-0.3, -0.25) is 9.59 Å². The Hall–Kier alpha value is -3.53. The van der Waals surface area contributed by atoms with Gasteiger partial charge in [0.1, 0.15) is 12.4 Å². The van der Waals surface area contributed by atoms with Crippen molar-refractivity contribution in [2.75, 3.05) is 7.11 Å². The first-order valence-corrected chi connectivity index (χ1v) is 11.4. The number of ether oxygens (including phenoxy) is 2. The van der Waals surface area contributed by atoms with Crippen molar-refractivity contribution < 1.29 is 23.5 Å². The molecule has 0 atom stereocenters. The van der Waals surface area contributed by atoms with Gasteiger partial charge in [-0.05, 0) is 71.5 Å². The Morgan fingerprint density at radius 3 is 2.53 bits per heavy atom. The Morgan fingerprint density at radius 1 is 1.12 bits per heavy atom. The van der Waals surface area contributed by atoms with Gasteiger partial charge in [0.25, 0.3) is 11.8 Å².